The Morgan fingerprint density at radius 1 is 0.889 bits per heavy atom. The molecule has 5 heteroatoms. The number of rotatable bonds is 4. The molecule has 0 radical (unpaired) electrons. The van der Waals surface area contributed by atoms with E-state index in [-0.39, 0.29) is 32.1 Å². The molecule has 0 heterocycles. The van der Waals surface area contributed by atoms with E-state index in [9.17, 15) is 14.7 Å². The number of hydrogen-bond donors (Lipinski definition) is 3. The number of anilines is 1. The number of aromatic hydroxyl groups is 1. The highest BCUT2D eigenvalue weighted by Crippen LogP contribution is 2.27. The first-order valence-electron chi connectivity index (χ1n) is 8.00. The third kappa shape index (κ3) is 4.85. The van der Waals surface area contributed by atoms with Gasteiger partial charge in [0, 0.05) is 17.8 Å². The highest BCUT2D eigenvalue weighted by atomic mass is 16.3. The molecule has 3 N–H and O–H groups in total. The SMILES string of the molecule is C.C.CCNC(=O)c1ccc2cc(O)c(C(=O)Nc3ccccc3)cc2c1. The maximum Gasteiger partial charge on any atom is 0.259 e. The molecule has 2 amide bonds. The largest absolute Gasteiger partial charge is 0.507 e. The van der Waals surface area contributed by atoms with Crippen molar-refractivity contribution in [2.75, 3.05) is 11.9 Å². The van der Waals surface area contributed by atoms with Gasteiger partial charge in [0.15, 0.2) is 0 Å². The second kappa shape index (κ2) is 9.38. The Morgan fingerprint density at radius 2 is 1.59 bits per heavy atom. The quantitative estimate of drug-likeness (QED) is 0.619. The van der Waals surface area contributed by atoms with Crippen LogP contribution < -0.4 is 10.6 Å². The van der Waals surface area contributed by atoms with Gasteiger partial charge in [0.05, 0.1) is 5.56 Å². The number of para-hydroxylation sites is 1. The van der Waals surface area contributed by atoms with Gasteiger partial charge in [0.2, 0.25) is 0 Å². The molecule has 0 bridgehead atoms. The van der Waals surface area contributed by atoms with Crippen LogP contribution in [0.1, 0.15) is 42.5 Å². The third-order valence-electron chi connectivity index (χ3n) is 3.83. The van der Waals surface area contributed by atoms with Crippen molar-refractivity contribution >= 4 is 28.3 Å². The maximum absolute atomic E-state index is 12.4. The fourth-order valence-electron chi connectivity index (χ4n) is 2.59. The Balaban J connectivity index is 0.00000182. The Morgan fingerprint density at radius 3 is 2.26 bits per heavy atom. The van der Waals surface area contributed by atoms with E-state index in [2.05, 4.69) is 10.6 Å². The standard InChI is InChI=1S/C20H18N2O3.2CH4/c1-2-21-19(24)14-9-8-13-12-18(23)17(11-15(13)10-14)20(25)22-16-6-4-3-5-7-16;;/h3-12,23H,2H2,1H3,(H,21,24)(H,22,25);2*1H4. The Kier molecular flexibility index (Phi) is 7.54. The predicted octanol–water partition coefficient (Wildman–Crippen LogP) is 4.82. The van der Waals surface area contributed by atoms with E-state index in [1.807, 2.05) is 25.1 Å². The van der Waals surface area contributed by atoms with Gasteiger partial charge < -0.3 is 15.7 Å². The molecule has 3 rings (SSSR count). The van der Waals surface area contributed by atoms with E-state index in [0.29, 0.717) is 23.2 Å². The second-order valence-corrected chi connectivity index (χ2v) is 5.61. The molecular formula is C22H26N2O3. The summed E-state index contributed by atoms with van der Waals surface area (Å²) < 4.78 is 0. The summed E-state index contributed by atoms with van der Waals surface area (Å²) in [4.78, 5) is 24.4. The molecule has 142 valence electrons. The van der Waals surface area contributed by atoms with E-state index in [1.54, 1.807) is 36.4 Å². The first-order valence-corrected chi connectivity index (χ1v) is 8.00. The zero-order valence-corrected chi connectivity index (χ0v) is 13.7. The van der Waals surface area contributed by atoms with Crippen molar-refractivity contribution in [3.63, 3.8) is 0 Å². The van der Waals surface area contributed by atoms with Crippen molar-refractivity contribution < 1.29 is 14.7 Å². The maximum atomic E-state index is 12.4. The van der Waals surface area contributed by atoms with Gasteiger partial charge in [-0.05, 0) is 54.1 Å². The van der Waals surface area contributed by atoms with Crippen molar-refractivity contribution in [3.05, 3.63) is 71.8 Å². The molecule has 3 aromatic carbocycles. The van der Waals surface area contributed by atoms with E-state index in [1.165, 1.54) is 6.07 Å². The molecule has 27 heavy (non-hydrogen) atoms. The van der Waals surface area contributed by atoms with Crippen LogP contribution in [0, 0.1) is 0 Å². The molecule has 0 spiro atoms. The van der Waals surface area contributed by atoms with Gasteiger partial charge in [-0.3, -0.25) is 9.59 Å². The fourth-order valence-corrected chi connectivity index (χ4v) is 2.59. The van der Waals surface area contributed by atoms with Crippen molar-refractivity contribution in [2.45, 2.75) is 21.8 Å². The summed E-state index contributed by atoms with van der Waals surface area (Å²) in [6.07, 6.45) is 0. The smallest absolute Gasteiger partial charge is 0.259 e. The molecule has 3 aromatic rings. The zero-order chi connectivity index (χ0) is 17.8. The van der Waals surface area contributed by atoms with Crippen molar-refractivity contribution in [1.82, 2.24) is 5.32 Å². The van der Waals surface area contributed by atoms with E-state index in [4.69, 9.17) is 0 Å². The molecule has 0 aliphatic carbocycles. The normalized spacial score (nSPS) is 9.67. The minimum atomic E-state index is -0.408. The summed E-state index contributed by atoms with van der Waals surface area (Å²) in [5, 5.41) is 17.1. The van der Waals surface area contributed by atoms with Crippen LogP contribution in [0.5, 0.6) is 5.75 Å². The number of nitrogens with one attached hydrogen (secondary N) is 2. The lowest BCUT2D eigenvalue weighted by molar-refractivity contribution is 0.0955. The number of phenolic OH excluding ortho intramolecular Hbond substituents is 1. The van der Waals surface area contributed by atoms with Crippen LogP contribution >= 0.6 is 0 Å². The first-order chi connectivity index (χ1) is 12.1. The summed E-state index contributed by atoms with van der Waals surface area (Å²) in [5.41, 5.74) is 1.31. The predicted molar refractivity (Wildman–Crippen MR) is 111 cm³/mol. The molecular weight excluding hydrogens is 340 g/mol. The van der Waals surface area contributed by atoms with E-state index in [0.717, 1.165) is 5.39 Å². The number of carbonyl (C=O) groups excluding carboxylic acids is 2. The summed E-state index contributed by atoms with van der Waals surface area (Å²) in [5.74, 6) is -0.687. The average molecular weight is 366 g/mol. The van der Waals surface area contributed by atoms with Gasteiger partial charge in [0.1, 0.15) is 5.75 Å². The topological polar surface area (TPSA) is 78.4 Å². The van der Waals surface area contributed by atoms with Crippen LogP contribution in [-0.4, -0.2) is 23.5 Å². The summed E-state index contributed by atoms with van der Waals surface area (Å²) >= 11 is 0. The summed E-state index contributed by atoms with van der Waals surface area (Å²) in [7, 11) is 0. The van der Waals surface area contributed by atoms with Crippen LogP contribution in [0.2, 0.25) is 0 Å². The van der Waals surface area contributed by atoms with Gasteiger partial charge in [-0.2, -0.15) is 0 Å². The van der Waals surface area contributed by atoms with E-state index < -0.39 is 5.91 Å². The lowest BCUT2D eigenvalue weighted by Gasteiger charge is -2.09. The number of hydrogen-bond acceptors (Lipinski definition) is 3. The van der Waals surface area contributed by atoms with Crippen LogP contribution in [-0.2, 0) is 0 Å². The van der Waals surface area contributed by atoms with Crippen molar-refractivity contribution in [3.8, 4) is 5.75 Å². The number of benzene rings is 3. The summed E-state index contributed by atoms with van der Waals surface area (Å²) in [6.45, 7) is 2.39. The lowest BCUT2D eigenvalue weighted by Crippen LogP contribution is -2.22. The number of carbonyl (C=O) groups is 2. The van der Waals surface area contributed by atoms with Crippen molar-refractivity contribution in [1.29, 1.82) is 0 Å². The molecule has 0 saturated heterocycles. The van der Waals surface area contributed by atoms with Gasteiger partial charge in [-0.15, -0.1) is 0 Å². The molecule has 0 aliphatic heterocycles. The number of phenols is 1. The highest BCUT2D eigenvalue weighted by Gasteiger charge is 2.14. The van der Waals surface area contributed by atoms with Crippen LogP contribution in [0.25, 0.3) is 10.8 Å². The van der Waals surface area contributed by atoms with Gasteiger partial charge in [0.25, 0.3) is 11.8 Å². The third-order valence-corrected chi connectivity index (χ3v) is 3.83. The van der Waals surface area contributed by atoms with Gasteiger partial charge in [-0.1, -0.05) is 39.1 Å². The van der Waals surface area contributed by atoms with Crippen molar-refractivity contribution in [2.24, 2.45) is 0 Å². The Hall–Kier alpha value is -3.34. The average Bonchev–Trinajstić information content (AvgIpc) is 2.61. The molecule has 0 saturated carbocycles. The lowest BCUT2D eigenvalue weighted by atomic mass is 10.0. The van der Waals surface area contributed by atoms with Gasteiger partial charge >= 0.3 is 0 Å². The van der Waals surface area contributed by atoms with Crippen LogP contribution in [0.3, 0.4) is 0 Å². The highest BCUT2D eigenvalue weighted by molar-refractivity contribution is 6.09. The van der Waals surface area contributed by atoms with Gasteiger partial charge in [-0.25, -0.2) is 0 Å². The second-order valence-electron chi connectivity index (χ2n) is 5.61. The van der Waals surface area contributed by atoms with Crippen LogP contribution in [0.15, 0.2) is 60.7 Å². The van der Waals surface area contributed by atoms with E-state index >= 15 is 0 Å². The first kappa shape index (κ1) is 21.7. The molecule has 5 nitrogen and oxygen atoms in total. The Bertz CT molecular complexity index is 937. The minimum absolute atomic E-state index is 0. The Labute approximate surface area is 160 Å². The molecule has 0 atom stereocenters. The summed E-state index contributed by atoms with van der Waals surface area (Å²) in [6, 6.07) is 17.3. The number of fused-ring (bicyclic) bond motifs is 1. The molecule has 0 aromatic heterocycles. The minimum Gasteiger partial charge on any atom is -0.507 e. The molecule has 0 unspecified atom stereocenters. The zero-order valence-electron chi connectivity index (χ0n) is 13.7. The molecule has 0 aliphatic rings. The number of amides is 2. The fraction of sp³-hybridized carbons (Fsp3) is 0.182. The van der Waals surface area contributed by atoms with Crippen LogP contribution in [0.4, 0.5) is 5.69 Å². The molecule has 0 fully saturated rings. The monoisotopic (exact) mass is 366 g/mol.